The molecule has 0 radical (unpaired) electrons. The lowest BCUT2D eigenvalue weighted by atomic mass is 9.71. The van der Waals surface area contributed by atoms with Crippen LogP contribution in [0.2, 0.25) is 0 Å². The monoisotopic (exact) mass is 280 g/mol. The molecule has 1 atom stereocenters. The fraction of sp³-hybridized carbons (Fsp3) is 0.300. The topological polar surface area (TPSA) is 3.24 Å². The van der Waals surface area contributed by atoms with Gasteiger partial charge in [0.2, 0.25) is 0 Å². The second-order valence-electron chi connectivity index (χ2n) is 5.83. The lowest BCUT2D eigenvalue weighted by Gasteiger charge is -2.33. The maximum absolute atomic E-state index is 7.78. The third-order valence-corrected chi connectivity index (χ3v) is 4.75. The van der Waals surface area contributed by atoms with Crippen LogP contribution in [0, 0.1) is 0 Å². The van der Waals surface area contributed by atoms with Gasteiger partial charge in [0.05, 0.1) is 5.41 Å². The van der Waals surface area contributed by atoms with Crippen LogP contribution in [-0.4, -0.2) is 18.0 Å². The molecule has 0 saturated carbocycles. The van der Waals surface area contributed by atoms with Crippen molar-refractivity contribution in [2.75, 3.05) is 7.05 Å². The Morgan fingerprint density at radius 3 is 2.05 bits per heavy atom. The molecule has 0 N–H and O–H groups in total. The first kappa shape index (κ1) is 10.7. The van der Waals surface area contributed by atoms with Crippen molar-refractivity contribution in [3.05, 3.63) is 83.6 Å². The Kier molecular flexibility index (Phi) is 2.74. The second-order valence-corrected chi connectivity index (χ2v) is 5.83. The highest BCUT2D eigenvalue weighted by Crippen LogP contribution is 2.49. The molecule has 0 spiro atoms. The molecule has 1 nitrogen and oxygen atoms in total. The summed E-state index contributed by atoms with van der Waals surface area (Å²) in [6.07, 6.45) is 2.33. The fourth-order valence-corrected chi connectivity index (χ4v) is 3.59. The lowest BCUT2D eigenvalue weighted by molar-refractivity contribution is 0.375. The van der Waals surface area contributed by atoms with Gasteiger partial charge in [-0.2, -0.15) is 0 Å². The molecular formula is C20H23N. The van der Waals surface area contributed by atoms with Crippen LogP contribution in [0.25, 0.3) is 0 Å². The van der Waals surface area contributed by atoms with Gasteiger partial charge in [0.1, 0.15) is 0 Å². The van der Waals surface area contributed by atoms with Gasteiger partial charge < -0.3 is 4.90 Å². The third-order valence-electron chi connectivity index (χ3n) is 4.75. The van der Waals surface area contributed by atoms with E-state index >= 15 is 0 Å². The van der Waals surface area contributed by atoms with Crippen LogP contribution in [0.4, 0.5) is 0 Å². The van der Waals surface area contributed by atoms with Gasteiger partial charge in [0, 0.05) is 22.9 Å². The van der Waals surface area contributed by atoms with Crippen LogP contribution < -0.4 is 0 Å². The van der Waals surface area contributed by atoms with Crippen molar-refractivity contribution >= 4 is 0 Å². The predicted molar refractivity (Wildman–Crippen MR) is 89.3 cm³/mol. The molecule has 3 rings (SSSR count). The number of rotatable bonds is 2. The van der Waals surface area contributed by atoms with Crippen molar-refractivity contribution in [1.82, 2.24) is 4.90 Å². The molecule has 0 aromatic heterocycles. The van der Waals surface area contributed by atoms with Gasteiger partial charge >= 0.3 is 0 Å². The molecule has 0 aliphatic carbocycles. The van der Waals surface area contributed by atoms with E-state index in [1.165, 1.54) is 6.08 Å². The van der Waals surface area contributed by atoms with Crippen molar-refractivity contribution in [2.45, 2.75) is 31.7 Å². The molecule has 1 aliphatic rings. The minimum atomic E-state index is -2.11. The molecule has 1 fully saturated rings. The van der Waals surface area contributed by atoms with E-state index in [0.717, 1.165) is 23.2 Å². The highest BCUT2D eigenvalue weighted by molar-refractivity contribution is 5.50. The Morgan fingerprint density at radius 1 is 1.05 bits per heavy atom. The number of allylic oxidation sites excluding steroid dienone is 2. The van der Waals surface area contributed by atoms with E-state index in [1.54, 1.807) is 0 Å². The summed E-state index contributed by atoms with van der Waals surface area (Å²) in [5.41, 5.74) is 2.73. The number of hydrogen-bond donors (Lipinski definition) is 0. The van der Waals surface area contributed by atoms with Gasteiger partial charge in [-0.1, -0.05) is 66.7 Å². The first-order chi connectivity index (χ1) is 11.3. The Morgan fingerprint density at radius 2 is 1.57 bits per heavy atom. The van der Waals surface area contributed by atoms with E-state index < -0.39 is 12.3 Å². The van der Waals surface area contributed by atoms with Crippen LogP contribution in [0.5, 0.6) is 0 Å². The first-order valence-corrected chi connectivity index (χ1v) is 7.42. The van der Waals surface area contributed by atoms with Crippen molar-refractivity contribution in [3.63, 3.8) is 0 Å². The molecule has 1 aliphatic heterocycles. The largest absolute Gasteiger partial charge is 0.374 e. The summed E-state index contributed by atoms with van der Waals surface area (Å²) in [5.74, 6) is 0. The Bertz CT molecular complexity index is 680. The normalized spacial score (nSPS) is 25.4. The van der Waals surface area contributed by atoms with Gasteiger partial charge in [0.25, 0.3) is 0 Å². The zero-order valence-electron chi connectivity index (χ0n) is 15.6. The molecule has 1 heteroatoms. The molecule has 21 heavy (non-hydrogen) atoms. The third kappa shape index (κ3) is 2.08. The smallest absolute Gasteiger partial charge is 0.0616 e. The average molecular weight is 280 g/mol. The summed E-state index contributed by atoms with van der Waals surface area (Å²) in [6, 6.07) is 20.8. The van der Waals surface area contributed by atoms with Crippen LogP contribution in [0.15, 0.2) is 72.4 Å². The fourth-order valence-electron chi connectivity index (χ4n) is 3.59. The highest BCUT2D eigenvalue weighted by atomic mass is 15.2. The van der Waals surface area contributed by atoms with Crippen molar-refractivity contribution in [2.24, 2.45) is 0 Å². The zero-order chi connectivity index (χ0) is 17.4. The molecule has 0 bridgehead atoms. The summed E-state index contributed by atoms with van der Waals surface area (Å²) >= 11 is 0. The highest BCUT2D eigenvalue weighted by Gasteiger charge is 2.47. The van der Waals surface area contributed by atoms with Crippen molar-refractivity contribution in [3.8, 4) is 0 Å². The number of hydrogen-bond acceptors (Lipinski definition) is 1. The van der Waals surface area contributed by atoms with Gasteiger partial charge in [-0.25, -0.2) is 0 Å². The Balaban J connectivity index is 2.30. The lowest BCUT2D eigenvalue weighted by Crippen LogP contribution is -2.29. The van der Waals surface area contributed by atoms with E-state index in [4.69, 9.17) is 4.11 Å². The predicted octanol–water partition coefficient (Wildman–Crippen LogP) is 4.60. The Hall–Kier alpha value is -2.02. The first-order valence-electron chi connectivity index (χ1n) is 8.92. The number of likely N-dealkylation sites (tertiary alicyclic amines) is 1. The SMILES string of the molecule is [2H]C([2H])([2H])/C=C1/N(C)C(C)CC1(c1ccccc1)c1ccccc1. The van der Waals surface area contributed by atoms with E-state index in [-0.39, 0.29) is 6.04 Å². The molecular weight excluding hydrogens is 254 g/mol. The quantitative estimate of drug-likeness (QED) is 0.777. The average Bonchev–Trinajstić information content (AvgIpc) is 2.81. The van der Waals surface area contributed by atoms with Gasteiger partial charge in [-0.05, 0) is 31.3 Å². The van der Waals surface area contributed by atoms with E-state index in [0.29, 0.717) is 0 Å². The number of nitrogens with zero attached hydrogens (tertiary/aromatic N) is 1. The molecule has 0 amide bonds. The van der Waals surface area contributed by atoms with E-state index in [1.807, 2.05) is 43.4 Å². The summed E-state index contributed by atoms with van der Waals surface area (Å²) in [6.45, 7) is 0.0451. The zero-order valence-corrected chi connectivity index (χ0v) is 12.6. The molecule has 1 saturated heterocycles. The van der Waals surface area contributed by atoms with Crippen LogP contribution in [0.3, 0.4) is 0 Å². The van der Waals surface area contributed by atoms with Crippen molar-refractivity contribution < 1.29 is 4.11 Å². The van der Waals surface area contributed by atoms with Gasteiger partial charge in [0.15, 0.2) is 0 Å². The van der Waals surface area contributed by atoms with E-state index in [2.05, 4.69) is 36.1 Å². The van der Waals surface area contributed by atoms with E-state index in [9.17, 15) is 0 Å². The molecule has 1 unspecified atom stereocenters. The van der Waals surface area contributed by atoms with Gasteiger partial charge in [-0.3, -0.25) is 0 Å². The Labute approximate surface area is 132 Å². The maximum Gasteiger partial charge on any atom is 0.0616 e. The van der Waals surface area contributed by atoms with Gasteiger partial charge in [-0.15, -0.1) is 0 Å². The standard InChI is InChI=1S/C20H23N/c1-4-19-20(15-16(2)21(19)3,17-11-7-5-8-12-17)18-13-9-6-10-14-18/h4-14,16H,15H2,1-3H3/b19-4+/i1D3. The summed E-state index contributed by atoms with van der Waals surface area (Å²) < 4.78 is 23.4. The maximum atomic E-state index is 7.78. The molecule has 1 heterocycles. The molecule has 2 aromatic rings. The van der Waals surface area contributed by atoms with Crippen LogP contribution in [-0.2, 0) is 5.41 Å². The minimum absolute atomic E-state index is 0.263. The van der Waals surface area contributed by atoms with Crippen molar-refractivity contribution in [1.29, 1.82) is 0 Å². The summed E-state index contributed by atoms with van der Waals surface area (Å²) in [7, 11) is 2.00. The number of likely N-dealkylation sites (N-methyl/N-ethyl adjacent to an activating group) is 1. The number of benzene rings is 2. The minimum Gasteiger partial charge on any atom is -0.374 e. The summed E-state index contributed by atoms with van der Waals surface area (Å²) in [4.78, 5) is 2.12. The van der Waals surface area contributed by atoms with Crippen LogP contribution in [0.1, 0.15) is 35.4 Å². The molecule has 108 valence electrons. The second kappa shape index (κ2) is 5.40. The van der Waals surface area contributed by atoms with Crippen LogP contribution >= 0.6 is 0 Å². The summed E-state index contributed by atoms with van der Waals surface area (Å²) in [5, 5.41) is 0. The molecule has 2 aromatic carbocycles.